The van der Waals surface area contributed by atoms with Gasteiger partial charge in [-0.1, -0.05) is 0 Å². The third kappa shape index (κ3) is 5.21. The number of amides is 1. The zero-order valence-electron chi connectivity index (χ0n) is 14.6. The number of nitrogens with zero attached hydrogens (tertiary/aromatic N) is 2. The monoisotopic (exact) mass is 350 g/mol. The maximum absolute atomic E-state index is 12.0. The first-order valence-electron chi connectivity index (χ1n) is 8.85. The van der Waals surface area contributed by atoms with Crippen LogP contribution in [0.15, 0.2) is 42.6 Å². The number of carbonyl (C=O) groups is 1. The number of aromatic nitrogens is 1. The Bertz CT molecular complexity index is 777. The van der Waals surface area contributed by atoms with Gasteiger partial charge in [-0.15, -0.1) is 0 Å². The van der Waals surface area contributed by atoms with Gasteiger partial charge in [0.1, 0.15) is 6.10 Å². The molecule has 1 aliphatic carbocycles. The predicted octanol–water partition coefficient (Wildman–Crippen LogP) is 3.00. The zero-order valence-corrected chi connectivity index (χ0v) is 14.6. The fraction of sp³-hybridized carbons (Fsp3) is 0.350. The second kappa shape index (κ2) is 8.86. The highest BCUT2D eigenvalue weighted by Gasteiger charge is 2.17. The average Bonchev–Trinajstić information content (AvgIpc) is 3.18. The summed E-state index contributed by atoms with van der Waals surface area (Å²) in [7, 11) is 0. The van der Waals surface area contributed by atoms with E-state index < -0.39 is 0 Å². The lowest BCUT2D eigenvalue weighted by Gasteiger charge is -2.13. The third-order valence-corrected chi connectivity index (χ3v) is 4.35. The highest BCUT2D eigenvalue weighted by atomic mass is 16.5. The van der Waals surface area contributed by atoms with Gasteiger partial charge in [0.25, 0.3) is 0 Å². The number of pyridine rings is 1. The average molecular weight is 350 g/mol. The molecule has 0 atom stereocenters. The van der Waals surface area contributed by atoms with E-state index in [-0.39, 0.29) is 18.6 Å². The Morgan fingerprint density at radius 2 is 2.00 bits per heavy atom. The van der Waals surface area contributed by atoms with Gasteiger partial charge in [-0.05, 0) is 61.6 Å². The molecule has 3 rings (SSSR count). The highest BCUT2D eigenvalue weighted by molar-refractivity contribution is 5.80. The summed E-state index contributed by atoms with van der Waals surface area (Å²) in [4.78, 5) is 16.3. The molecule has 1 heterocycles. The Balaban J connectivity index is 1.44. The molecule has 0 spiro atoms. The van der Waals surface area contributed by atoms with Crippen molar-refractivity contribution in [2.75, 3.05) is 11.9 Å². The van der Waals surface area contributed by atoms with Crippen LogP contribution in [0.1, 0.15) is 36.8 Å². The molecule has 1 fully saturated rings. The summed E-state index contributed by atoms with van der Waals surface area (Å²) >= 11 is 0. The minimum absolute atomic E-state index is 0.107. The molecular weight excluding hydrogens is 328 g/mol. The van der Waals surface area contributed by atoms with E-state index >= 15 is 0 Å². The first-order chi connectivity index (χ1) is 12.7. The normalized spacial score (nSPS) is 13.8. The van der Waals surface area contributed by atoms with Crippen molar-refractivity contribution >= 4 is 11.6 Å². The summed E-state index contributed by atoms with van der Waals surface area (Å²) in [6.07, 6.45) is 6.58. The number of benzene rings is 1. The van der Waals surface area contributed by atoms with Gasteiger partial charge in [-0.2, -0.15) is 5.26 Å². The van der Waals surface area contributed by atoms with E-state index in [4.69, 9.17) is 10.00 Å². The third-order valence-electron chi connectivity index (χ3n) is 4.35. The predicted molar refractivity (Wildman–Crippen MR) is 98.6 cm³/mol. The number of rotatable bonds is 7. The number of hydrogen-bond donors (Lipinski definition) is 2. The molecule has 1 saturated carbocycles. The molecular formula is C20H22N4O2. The van der Waals surface area contributed by atoms with Crippen LogP contribution in [0.25, 0.3) is 0 Å². The molecule has 26 heavy (non-hydrogen) atoms. The van der Waals surface area contributed by atoms with Gasteiger partial charge in [0.15, 0.2) is 0 Å². The van der Waals surface area contributed by atoms with Crippen LogP contribution < -0.4 is 15.4 Å². The van der Waals surface area contributed by atoms with Crippen molar-refractivity contribution in [2.24, 2.45) is 0 Å². The summed E-state index contributed by atoms with van der Waals surface area (Å²) < 4.78 is 5.89. The van der Waals surface area contributed by atoms with E-state index in [1.807, 2.05) is 12.1 Å². The van der Waals surface area contributed by atoms with E-state index in [2.05, 4.69) is 21.7 Å². The Labute approximate surface area is 153 Å². The molecule has 0 unspecified atom stereocenters. The topological polar surface area (TPSA) is 87.0 Å². The molecule has 6 nitrogen and oxygen atoms in total. The van der Waals surface area contributed by atoms with Crippen LogP contribution >= 0.6 is 0 Å². The maximum Gasteiger partial charge on any atom is 0.239 e. The van der Waals surface area contributed by atoms with Crippen molar-refractivity contribution in [3.63, 3.8) is 0 Å². The van der Waals surface area contributed by atoms with Crippen LogP contribution in [-0.2, 0) is 11.3 Å². The van der Waals surface area contributed by atoms with Crippen LogP contribution in [0.2, 0.25) is 0 Å². The summed E-state index contributed by atoms with van der Waals surface area (Å²) in [5.74, 6) is 0.517. The molecule has 1 aromatic heterocycles. The second-order valence-corrected chi connectivity index (χ2v) is 6.35. The molecule has 134 valence electrons. The number of nitriles is 1. The standard InChI is InChI=1S/C20H22N4O2/c21-12-15-5-7-17(8-6-15)23-14-19(25)24-13-16-9-10-22-20(11-16)26-18-3-1-2-4-18/h5-11,18,23H,1-4,13-14H2,(H,24,25). The molecule has 0 saturated heterocycles. The highest BCUT2D eigenvalue weighted by Crippen LogP contribution is 2.23. The van der Waals surface area contributed by atoms with Crippen LogP contribution in [0.5, 0.6) is 5.88 Å². The van der Waals surface area contributed by atoms with Gasteiger partial charge in [0.05, 0.1) is 18.2 Å². The SMILES string of the molecule is N#Cc1ccc(NCC(=O)NCc2ccnc(OC3CCCC3)c2)cc1. The van der Waals surface area contributed by atoms with Crippen molar-refractivity contribution < 1.29 is 9.53 Å². The van der Waals surface area contributed by atoms with Gasteiger partial charge in [0.2, 0.25) is 11.8 Å². The van der Waals surface area contributed by atoms with Crippen LogP contribution in [0.3, 0.4) is 0 Å². The number of nitrogens with one attached hydrogen (secondary N) is 2. The Morgan fingerprint density at radius 1 is 1.23 bits per heavy atom. The first kappa shape index (κ1) is 17.7. The van der Waals surface area contributed by atoms with Gasteiger partial charge < -0.3 is 15.4 Å². The minimum atomic E-state index is -0.107. The number of ether oxygens (including phenoxy) is 1. The second-order valence-electron chi connectivity index (χ2n) is 6.35. The lowest BCUT2D eigenvalue weighted by Crippen LogP contribution is -2.29. The van der Waals surface area contributed by atoms with Crippen molar-refractivity contribution in [1.29, 1.82) is 5.26 Å². The fourth-order valence-electron chi connectivity index (χ4n) is 2.91. The smallest absolute Gasteiger partial charge is 0.239 e. The number of anilines is 1. The molecule has 1 aromatic carbocycles. The van der Waals surface area contributed by atoms with Crippen molar-refractivity contribution in [3.8, 4) is 11.9 Å². The molecule has 0 radical (unpaired) electrons. The Morgan fingerprint density at radius 3 is 2.73 bits per heavy atom. The molecule has 0 aliphatic heterocycles. The molecule has 6 heteroatoms. The van der Waals surface area contributed by atoms with E-state index in [1.165, 1.54) is 12.8 Å². The Kier molecular flexibility index (Phi) is 6.05. The fourth-order valence-corrected chi connectivity index (χ4v) is 2.91. The first-order valence-corrected chi connectivity index (χ1v) is 8.85. The molecule has 1 aliphatic rings. The van der Waals surface area contributed by atoms with Crippen LogP contribution in [0.4, 0.5) is 5.69 Å². The number of carbonyl (C=O) groups excluding carboxylic acids is 1. The molecule has 2 N–H and O–H groups in total. The van der Waals surface area contributed by atoms with Crippen molar-refractivity contribution in [3.05, 3.63) is 53.7 Å². The Hall–Kier alpha value is -3.07. The summed E-state index contributed by atoms with van der Waals surface area (Å²) in [5, 5.41) is 14.7. The summed E-state index contributed by atoms with van der Waals surface area (Å²) in [6, 6.07) is 12.8. The van der Waals surface area contributed by atoms with Gasteiger partial charge in [-0.25, -0.2) is 4.98 Å². The quantitative estimate of drug-likeness (QED) is 0.801. The van der Waals surface area contributed by atoms with E-state index in [1.54, 1.807) is 30.5 Å². The number of hydrogen-bond acceptors (Lipinski definition) is 5. The van der Waals surface area contributed by atoms with Crippen LogP contribution in [-0.4, -0.2) is 23.5 Å². The van der Waals surface area contributed by atoms with Crippen molar-refractivity contribution in [1.82, 2.24) is 10.3 Å². The molecule has 1 amide bonds. The van der Waals surface area contributed by atoms with Gasteiger partial charge in [-0.3, -0.25) is 4.79 Å². The summed E-state index contributed by atoms with van der Waals surface area (Å²) in [6.45, 7) is 0.597. The lowest BCUT2D eigenvalue weighted by atomic mass is 10.2. The van der Waals surface area contributed by atoms with E-state index in [9.17, 15) is 4.79 Å². The summed E-state index contributed by atoms with van der Waals surface area (Å²) in [5.41, 5.74) is 2.35. The zero-order chi connectivity index (χ0) is 18.2. The largest absolute Gasteiger partial charge is 0.474 e. The minimum Gasteiger partial charge on any atom is -0.474 e. The van der Waals surface area contributed by atoms with Gasteiger partial charge in [0, 0.05) is 24.5 Å². The van der Waals surface area contributed by atoms with E-state index in [0.717, 1.165) is 24.1 Å². The van der Waals surface area contributed by atoms with E-state index in [0.29, 0.717) is 18.0 Å². The molecule has 0 bridgehead atoms. The van der Waals surface area contributed by atoms with Gasteiger partial charge >= 0.3 is 0 Å². The van der Waals surface area contributed by atoms with Crippen LogP contribution in [0, 0.1) is 11.3 Å². The lowest BCUT2D eigenvalue weighted by molar-refractivity contribution is -0.119. The maximum atomic E-state index is 12.0. The molecule has 2 aromatic rings. The van der Waals surface area contributed by atoms with Crippen molar-refractivity contribution in [2.45, 2.75) is 38.3 Å².